The molecule has 0 heterocycles. The third-order valence-corrected chi connectivity index (χ3v) is 1.75. The third-order valence-electron chi connectivity index (χ3n) is 1.75. The average Bonchev–Trinajstić information content (AvgIpc) is 1.94. The number of nitrogens with one attached hydrogen (secondary N) is 1. The number of hydrogen-bond donors (Lipinski definition) is 1. The minimum absolute atomic E-state index is 0.198. The van der Waals surface area contributed by atoms with Gasteiger partial charge in [-0.25, -0.2) is 4.39 Å². The summed E-state index contributed by atoms with van der Waals surface area (Å²) in [6.45, 7) is 3.22. The van der Waals surface area contributed by atoms with E-state index in [4.69, 9.17) is 0 Å². The van der Waals surface area contributed by atoms with Crippen LogP contribution in [0.25, 0.3) is 0 Å². The van der Waals surface area contributed by atoms with Crippen LogP contribution in [0, 0.1) is 0 Å². The van der Waals surface area contributed by atoms with Crippen molar-refractivity contribution in [3.8, 4) is 0 Å². The predicted molar refractivity (Wildman–Crippen MR) is 45.2 cm³/mol. The summed E-state index contributed by atoms with van der Waals surface area (Å²) in [6.07, 6.45) is 3.90. The fourth-order valence-electron chi connectivity index (χ4n) is 1.17. The van der Waals surface area contributed by atoms with Crippen LogP contribution in [0.5, 0.6) is 0 Å². The Hall–Kier alpha value is -1.12. The summed E-state index contributed by atoms with van der Waals surface area (Å²) in [6, 6.07) is -0.453. The Balaban J connectivity index is 2.62. The van der Waals surface area contributed by atoms with E-state index in [1.165, 1.54) is 13.0 Å². The van der Waals surface area contributed by atoms with Crippen molar-refractivity contribution in [2.24, 2.45) is 0 Å². The Kier molecular flexibility index (Phi) is 2.63. The van der Waals surface area contributed by atoms with Gasteiger partial charge >= 0.3 is 0 Å². The van der Waals surface area contributed by atoms with Gasteiger partial charge in [0.15, 0.2) is 0 Å². The van der Waals surface area contributed by atoms with Crippen molar-refractivity contribution in [2.75, 3.05) is 0 Å². The lowest BCUT2D eigenvalue weighted by Crippen LogP contribution is -2.34. The molecule has 1 aliphatic carbocycles. The summed E-state index contributed by atoms with van der Waals surface area (Å²) >= 11 is 0. The second kappa shape index (κ2) is 3.52. The second-order valence-corrected chi connectivity index (χ2v) is 2.97. The normalized spacial score (nSPS) is 22.8. The maximum atomic E-state index is 13.1. The monoisotopic (exact) mass is 169 g/mol. The summed E-state index contributed by atoms with van der Waals surface area (Å²) in [5, 5.41) is 2.53. The van der Waals surface area contributed by atoms with Gasteiger partial charge in [0.25, 0.3) is 0 Å². The first-order valence-electron chi connectivity index (χ1n) is 3.90. The number of halogens is 1. The third kappa shape index (κ3) is 2.19. The highest BCUT2D eigenvalue weighted by atomic mass is 19.1. The molecule has 66 valence electrons. The molecular formula is C9H12FNO. The van der Waals surface area contributed by atoms with Gasteiger partial charge in [-0.05, 0) is 19.4 Å². The molecule has 0 spiro atoms. The molecule has 0 saturated heterocycles. The van der Waals surface area contributed by atoms with Crippen LogP contribution in [0.2, 0.25) is 0 Å². The molecule has 1 N–H and O–H groups in total. The zero-order chi connectivity index (χ0) is 9.14. The van der Waals surface area contributed by atoms with E-state index in [-0.39, 0.29) is 11.7 Å². The lowest BCUT2D eigenvalue weighted by molar-refractivity contribution is -0.119. The van der Waals surface area contributed by atoms with E-state index in [1.807, 2.05) is 13.0 Å². The first kappa shape index (κ1) is 8.97. The molecule has 0 aromatic heterocycles. The van der Waals surface area contributed by atoms with Crippen molar-refractivity contribution in [3.63, 3.8) is 0 Å². The van der Waals surface area contributed by atoms with Gasteiger partial charge in [-0.15, -0.1) is 0 Å². The first-order valence-corrected chi connectivity index (χ1v) is 3.90. The Bertz CT molecular complexity index is 255. The van der Waals surface area contributed by atoms with E-state index in [9.17, 15) is 9.18 Å². The molecule has 0 aromatic rings. The van der Waals surface area contributed by atoms with E-state index in [1.54, 1.807) is 0 Å². The number of hydrogen-bond acceptors (Lipinski definition) is 1. The molecule has 1 unspecified atom stereocenters. The summed E-state index contributed by atoms with van der Waals surface area (Å²) in [4.78, 5) is 10.6. The first-order chi connectivity index (χ1) is 5.59. The Morgan fingerprint density at radius 1 is 1.75 bits per heavy atom. The highest BCUT2D eigenvalue weighted by Crippen LogP contribution is 2.18. The quantitative estimate of drug-likeness (QED) is 0.636. The number of carbonyl (C=O) groups excluding carboxylic acids is 1. The highest BCUT2D eigenvalue weighted by Gasteiger charge is 2.16. The Labute approximate surface area is 71.2 Å². The van der Waals surface area contributed by atoms with Crippen molar-refractivity contribution in [1.82, 2.24) is 5.32 Å². The average molecular weight is 169 g/mol. The van der Waals surface area contributed by atoms with Crippen LogP contribution in [-0.4, -0.2) is 11.9 Å². The lowest BCUT2D eigenvalue weighted by Gasteiger charge is -2.17. The van der Waals surface area contributed by atoms with Crippen molar-refractivity contribution in [2.45, 2.75) is 26.3 Å². The van der Waals surface area contributed by atoms with Crippen molar-refractivity contribution in [3.05, 3.63) is 23.6 Å². The molecule has 0 fully saturated rings. The summed E-state index contributed by atoms with van der Waals surface area (Å²) < 4.78 is 13.1. The second-order valence-electron chi connectivity index (χ2n) is 2.97. The fraction of sp³-hybridized carbons (Fsp3) is 0.444. The van der Waals surface area contributed by atoms with Crippen LogP contribution >= 0.6 is 0 Å². The van der Waals surface area contributed by atoms with E-state index < -0.39 is 6.04 Å². The number of rotatable bonds is 1. The van der Waals surface area contributed by atoms with Gasteiger partial charge in [0, 0.05) is 6.92 Å². The SMILES string of the molecule is CC(=O)NC1CC=C(C)C=C1F. The van der Waals surface area contributed by atoms with Gasteiger partial charge in [-0.3, -0.25) is 4.79 Å². The van der Waals surface area contributed by atoms with Gasteiger partial charge in [-0.1, -0.05) is 11.6 Å². The maximum absolute atomic E-state index is 13.1. The summed E-state index contributed by atoms with van der Waals surface area (Å²) in [7, 11) is 0. The van der Waals surface area contributed by atoms with Gasteiger partial charge in [0.1, 0.15) is 5.83 Å². The van der Waals surface area contributed by atoms with Crippen LogP contribution in [0.3, 0.4) is 0 Å². The molecular weight excluding hydrogens is 157 g/mol. The van der Waals surface area contributed by atoms with Crippen LogP contribution < -0.4 is 5.32 Å². The van der Waals surface area contributed by atoms with Gasteiger partial charge in [0.2, 0.25) is 5.91 Å². The molecule has 1 rings (SSSR count). The van der Waals surface area contributed by atoms with Gasteiger partial charge < -0.3 is 5.32 Å². The molecule has 0 aromatic carbocycles. The summed E-state index contributed by atoms with van der Waals surface area (Å²) in [5.74, 6) is -0.457. The zero-order valence-electron chi connectivity index (χ0n) is 7.23. The minimum atomic E-state index is -0.453. The van der Waals surface area contributed by atoms with Gasteiger partial charge in [0.05, 0.1) is 6.04 Å². The molecule has 0 bridgehead atoms. The summed E-state index contributed by atoms with van der Waals surface area (Å²) in [5.41, 5.74) is 0.911. The predicted octanol–water partition coefficient (Wildman–Crippen LogP) is 1.69. The largest absolute Gasteiger partial charge is 0.347 e. The van der Waals surface area contributed by atoms with Crippen molar-refractivity contribution in [1.29, 1.82) is 0 Å². The maximum Gasteiger partial charge on any atom is 0.217 e. The van der Waals surface area contributed by atoms with Crippen LogP contribution in [0.4, 0.5) is 4.39 Å². The standard InChI is InChI=1S/C9H12FNO/c1-6-3-4-9(8(10)5-6)11-7(2)12/h3,5,9H,4H2,1-2H3,(H,11,12). The number of allylic oxidation sites excluding steroid dienone is 2. The smallest absolute Gasteiger partial charge is 0.217 e. The van der Waals surface area contributed by atoms with E-state index in [0.717, 1.165) is 5.57 Å². The molecule has 2 nitrogen and oxygen atoms in total. The number of carbonyl (C=O) groups is 1. The van der Waals surface area contributed by atoms with E-state index >= 15 is 0 Å². The van der Waals surface area contributed by atoms with E-state index in [2.05, 4.69) is 5.32 Å². The molecule has 1 amide bonds. The Morgan fingerprint density at radius 3 is 2.92 bits per heavy atom. The molecule has 0 saturated carbocycles. The highest BCUT2D eigenvalue weighted by molar-refractivity contribution is 5.73. The minimum Gasteiger partial charge on any atom is -0.347 e. The van der Waals surface area contributed by atoms with Gasteiger partial charge in [-0.2, -0.15) is 0 Å². The Morgan fingerprint density at radius 2 is 2.42 bits per heavy atom. The molecule has 0 aliphatic heterocycles. The topological polar surface area (TPSA) is 29.1 Å². The van der Waals surface area contributed by atoms with Crippen LogP contribution in [-0.2, 0) is 4.79 Å². The molecule has 1 aliphatic rings. The van der Waals surface area contributed by atoms with Crippen LogP contribution in [0.15, 0.2) is 23.6 Å². The molecule has 12 heavy (non-hydrogen) atoms. The fourth-order valence-corrected chi connectivity index (χ4v) is 1.17. The van der Waals surface area contributed by atoms with Crippen molar-refractivity contribution >= 4 is 5.91 Å². The van der Waals surface area contributed by atoms with Crippen LogP contribution in [0.1, 0.15) is 20.3 Å². The zero-order valence-corrected chi connectivity index (χ0v) is 7.23. The lowest BCUT2D eigenvalue weighted by atomic mass is 10.0. The van der Waals surface area contributed by atoms with Crippen molar-refractivity contribution < 1.29 is 9.18 Å². The molecule has 1 atom stereocenters. The molecule has 0 radical (unpaired) electrons. The number of amides is 1. The van der Waals surface area contributed by atoms with E-state index in [0.29, 0.717) is 6.42 Å². The molecule has 3 heteroatoms.